The van der Waals surface area contributed by atoms with E-state index in [4.69, 9.17) is 9.47 Å². The molecule has 1 N–H and O–H groups in total. The number of fused-ring (bicyclic) bond motifs is 1. The fourth-order valence-corrected chi connectivity index (χ4v) is 4.28. The molecule has 1 heterocycles. The van der Waals surface area contributed by atoms with E-state index in [0.717, 1.165) is 34.8 Å². The van der Waals surface area contributed by atoms with E-state index in [2.05, 4.69) is 11.4 Å². The Hall–Kier alpha value is -2.01. The van der Waals surface area contributed by atoms with E-state index in [0.29, 0.717) is 0 Å². The lowest BCUT2D eigenvalue weighted by atomic mass is 9.99. The fourth-order valence-electron chi connectivity index (χ4n) is 3.13. The van der Waals surface area contributed by atoms with Gasteiger partial charge in [0.15, 0.2) is 0 Å². The molecule has 1 aliphatic rings. The van der Waals surface area contributed by atoms with Crippen LogP contribution in [-0.4, -0.2) is 20.1 Å². The Bertz CT molecular complexity index is 715. The van der Waals surface area contributed by atoms with Crippen LogP contribution in [0.2, 0.25) is 0 Å². The first-order valence-corrected chi connectivity index (χ1v) is 9.08. The third kappa shape index (κ3) is 3.41. The lowest BCUT2D eigenvalue weighted by Gasteiger charge is -2.18. The minimum atomic E-state index is -0.165. The van der Waals surface area contributed by atoms with Gasteiger partial charge in [-0.1, -0.05) is 0 Å². The van der Waals surface area contributed by atoms with Crippen LogP contribution in [0.1, 0.15) is 51.5 Å². The quantitative estimate of drug-likeness (QED) is 0.886. The number of carbonyl (C=O) groups excluding carboxylic acids is 1. The second-order valence-electron chi connectivity index (χ2n) is 6.07. The summed E-state index contributed by atoms with van der Waals surface area (Å²) < 4.78 is 10.7. The molecule has 1 aliphatic carbocycles. The molecule has 2 aromatic rings. The molecule has 3 rings (SSSR count). The van der Waals surface area contributed by atoms with Crippen LogP contribution in [0, 0.1) is 0 Å². The number of nitrogens with one attached hydrogen (secondary N) is 1. The van der Waals surface area contributed by atoms with Crippen LogP contribution in [-0.2, 0) is 12.8 Å². The minimum Gasteiger partial charge on any atom is -0.497 e. The van der Waals surface area contributed by atoms with Crippen molar-refractivity contribution in [3.8, 4) is 11.5 Å². The average molecular weight is 345 g/mol. The Morgan fingerprint density at radius 2 is 1.96 bits per heavy atom. The molecule has 0 saturated carbocycles. The first-order valence-electron chi connectivity index (χ1n) is 8.26. The smallest absolute Gasteiger partial charge is 0.261 e. The van der Waals surface area contributed by atoms with Crippen molar-refractivity contribution < 1.29 is 14.3 Å². The van der Waals surface area contributed by atoms with Crippen molar-refractivity contribution in [1.82, 2.24) is 5.32 Å². The standard InChI is InChI=1S/C19H23NO3S/c1-12(15-11-14(22-2)8-9-16(15)23-3)20-19(21)18-10-13-6-4-5-7-17(13)24-18/h8-12H,4-7H2,1-3H3,(H,20,21). The summed E-state index contributed by atoms with van der Waals surface area (Å²) in [6.07, 6.45) is 4.65. The number of hydrogen-bond donors (Lipinski definition) is 1. The molecule has 1 atom stereocenters. The Labute approximate surface area is 146 Å². The normalized spacial score (nSPS) is 14.6. The van der Waals surface area contributed by atoms with Gasteiger partial charge in [-0.15, -0.1) is 11.3 Å². The molecule has 24 heavy (non-hydrogen) atoms. The van der Waals surface area contributed by atoms with Crippen LogP contribution in [0.4, 0.5) is 0 Å². The molecule has 5 heteroatoms. The van der Waals surface area contributed by atoms with Gasteiger partial charge in [-0.25, -0.2) is 0 Å². The molecule has 1 aromatic carbocycles. The van der Waals surface area contributed by atoms with E-state index in [1.807, 2.05) is 25.1 Å². The molecule has 0 saturated heterocycles. The predicted molar refractivity (Wildman–Crippen MR) is 96.4 cm³/mol. The zero-order chi connectivity index (χ0) is 17.1. The number of ether oxygens (including phenoxy) is 2. The summed E-state index contributed by atoms with van der Waals surface area (Å²) in [5.74, 6) is 1.47. The topological polar surface area (TPSA) is 47.6 Å². The van der Waals surface area contributed by atoms with E-state index >= 15 is 0 Å². The van der Waals surface area contributed by atoms with E-state index in [9.17, 15) is 4.79 Å². The number of amides is 1. The lowest BCUT2D eigenvalue weighted by molar-refractivity contribution is 0.0943. The summed E-state index contributed by atoms with van der Waals surface area (Å²) in [5, 5.41) is 3.08. The number of rotatable bonds is 5. The van der Waals surface area contributed by atoms with Crippen LogP contribution in [0.25, 0.3) is 0 Å². The SMILES string of the molecule is COc1ccc(OC)c(C(C)NC(=O)c2cc3c(s2)CCCC3)c1. The van der Waals surface area contributed by atoms with Crippen molar-refractivity contribution in [3.63, 3.8) is 0 Å². The number of carbonyl (C=O) groups is 1. The van der Waals surface area contributed by atoms with Gasteiger partial charge >= 0.3 is 0 Å². The highest BCUT2D eigenvalue weighted by molar-refractivity contribution is 7.14. The third-order valence-electron chi connectivity index (χ3n) is 4.47. The van der Waals surface area contributed by atoms with Gasteiger partial charge in [-0.05, 0) is 62.4 Å². The van der Waals surface area contributed by atoms with Crippen LogP contribution in [0.3, 0.4) is 0 Å². The largest absolute Gasteiger partial charge is 0.497 e. The molecule has 0 radical (unpaired) electrons. The molecule has 0 fully saturated rings. The van der Waals surface area contributed by atoms with E-state index < -0.39 is 0 Å². The van der Waals surface area contributed by atoms with E-state index in [-0.39, 0.29) is 11.9 Å². The molecule has 0 bridgehead atoms. The average Bonchev–Trinajstić information content (AvgIpc) is 3.05. The molecule has 1 aromatic heterocycles. The number of benzene rings is 1. The van der Waals surface area contributed by atoms with Crippen molar-refractivity contribution in [3.05, 3.63) is 45.1 Å². The lowest BCUT2D eigenvalue weighted by Crippen LogP contribution is -2.26. The van der Waals surface area contributed by atoms with E-state index in [1.54, 1.807) is 25.6 Å². The highest BCUT2D eigenvalue weighted by Gasteiger charge is 2.20. The van der Waals surface area contributed by atoms with Gasteiger partial charge in [0, 0.05) is 10.4 Å². The highest BCUT2D eigenvalue weighted by atomic mass is 32.1. The van der Waals surface area contributed by atoms with Crippen LogP contribution in [0.15, 0.2) is 24.3 Å². The first kappa shape index (κ1) is 16.8. The zero-order valence-electron chi connectivity index (χ0n) is 14.3. The molecule has 1 amide bonds. The monoisotopic (exact) mass is 345 g/mol. The molecule has 0 aliphatic heterocycles. The maximum absolute atomic E-state index is 12.6. The van der Waals surface area contributed by atoms with Crippen molar-refractivity contribution in [1.29, 1.82) is 0 Å². The summed E-state index contributed by atoms with van der Waals surface area (Å²) >= 11 is 1.63. The third-order valence-corrected chi connectivity index (χ3v) is 5.71. The van der Waals surface area contributed by atoms with Gasteiger partial charge in [0.1, 0.15) is 11.5 Å². The molecule has 1 unspecified atom stereocenters. The van der Waals surface area contributed by atoms with Crippen molar-refractivity contribution in [2.75, 3.05) is 14.2 Å². The summed E-state index contributed by atoms with van der Waals surface area (Å²) in [6, 6.07) is 7.51. The maximum Gasteiger partial charge on any atom is 0.261 e. The molecule has 0 spiro atoms. The van der Waals surface area contributed by atoms with E-state index in [1.165, 1.54) is 23.3 Å². The minimum absolute atomic E-state index is 0.0215. The predicted octanol–water partition coefficient (Wildman–Crippen LogP) is 4.14. The van der Waals surface area contributed by atoms with Crippen LogP contribution < -0.4 is 14.8 Å². The van der Waals surface area contributed by atoms with Crippen molar-refractivity contribution in [2.24, 2.45) is 0 Å². The number of hydrogen-bond acceptors (Lipinski definition) is 4. The molecular weight excluding hydrogens is 322 g/mol. The number of methoxy groups -OCH3 is 2. The molecule has 128 valence electrons. The van der Waals surface area contributed by atoms with Gasteiger partial charge in [0.2, 0.25) is 0 Å². The number of thiophene rings is 1. The summed E-state index contributed by atoms with van der Waals surface area (Å²) in [5.41, 5.74) is 2.26. The second kappa shape index (κ2) is 7.26. The Morgan fingerprint density at radius 3 is 2.67 bits per heavy atom. The van der Waals surface area contributed by atoms with Crippen molar-refractivity contribution in [2.45, 2.75) is 38.6 Å². The fraction of sp³-hybridized carbons (Fsp3) is 0.421. The highest BCUT2D eigenvalue weighted by Crippen LogP contribution is 2.32. The summed E-state index contributed by atoms with van der Waals surface area (Å²) in [4.78, 5) is 14.8. The summed E-state index contributed by atoms with van der Waals surface area (Å²) in [6.45, 7) is 1.96. The zero-order valence-corrected chi connectivity index (χ0v) is 15.2. The van der Waals surface area contributed by atoms with Gasteiger partial charge in [0.25, 0.3) is 5.91 Å². The Balaban J connectivity index is 1.77. The van der Waals surface area contributed by atoms with Gasteiger partial charge in [-0.3, -0.25) is 4.79 Å². The van der Waals surface area contributed by atoms with Gasteiger partial charge in [0.05, 0.1) is 25.1 Å². The number of aryl methyl sites for hydroxylation is 2. The van der Waals surface area contributed by atoms with Gasteiger partial charge < -0.3 is 14.8 Å². The Morgan fingerprint density at radius 1 is 1.17 bits per heavy atom. The van der Waals surface area contributed by atoms with Gasteiger partial charge in [-0.2, -0.15) is 0 Å². The Kier molecular flexibility index (Phi) is 5.09. The first-order chi connectivity index (χ1) is 11.6. The maximum atomic E-state index is 12.6. The van der Waals surface area contributed by atoms with Crippen LogP contribution >= 0.6 is 11.3 Å². The van der Waals surface area contributed by atoms with Crippen molar-refractivity contribution >= 4 is 17.2 Å². The molecule has 4 nitrogen and oxygen atoms in total. The second-order valence-corrected chi connectivity index (χ2v) is 7.21. The summed E-state index contributed by atoms with van der Waals surface area (Å²) in [7, 11) is 3.26. The van der Waals surface area contributed by atoms with Crippen LogP contribution in [0.5, 0.6) is 11.5 Å². The molecular formula is C19H23NO3S.